The summed E-state index contributed by atoms with van der Waals surface area (Å²) in [5.41, 5.74) is 4.94. The molecule has 0 fully saturated rings. The van der Waals surface area contributed by atoms with Crippen molar-refractivity contribution in [1.29, 1.82) is 0 Å². The maximum atomic E-state index is 11.8. The lowest BCUT2D eigenvalue weighted by atomic mass is 9.73. The molecule has 1 heteroatoms. The molecule has 0 spiro atoms. The summed E-state index contributed by atoms with van der Waals surface area (Å²) in [5, 5.41) is 0. The summed E-state index contributed by atoms with van der Waals surface area (Å²) in [5.74, 6) is 0.232. The van der Waals surface area contributed by atoms with Gasteiger partial charge in [0.1, 0.15) is 0 Å². The van der Waals surface area contributed by atoms with Crippen molar-refractivity contribution in [2.24, 2.45) is 0 Å². The molecule has 104 valence electrons. The fraction of sp³-hybridized carbons (Fsp3) is 0.500. The molecule has 0 atom stereocenters. The molecule has 0 bridgehead atoms. The highest BCUT2D eigenvalue weighted by Crippen LogP contribution is 2.39. The van der Waals surface area contributed by atoms with Gasteiger partial charge >= 0.3 is 0 Å². The minimum atomic E-state index is 0.138. The molecule has 2 rings (SSSR count). The van der Waals surface area contributed by atoms with Gasteiger partial charge in [0.15, 0.2) is 5.78 Å². The fourth-order valence-corrected chi connectivity index (χ4v) is 2.45. The van der Waals surface area contributed by atoms with Gasteiger partial charge in [0.25, 0.3) is 0 Å². The smallest absolute Gasteiger partial charge is 0.162 e. The van der Waals surface area contributed by atoms with E-state index in [0.29, 0.717) is 6.42 Å². The zero-order valence-electron chi connectivity index (χ0n) is 13.1. The lowest BCUT2D eigenvalue weighted by Crippen LogP contribution is -2.21. The molecule has 0 aromatic heterocycles. The van der Waals surface area contributed by atoms with Crippen LogP contribution in [0.3, 0.4) is 0 Å². The quantitative estimate of drug-likeness (QED) is 0.650. The molecule has 0 saturated carbocycles. The van der Waals surface area contributed by atoms with Crippen LogP contribution in [0, 0.1) is 0 Å². The van der Waals surface area contributed by atoms with E-state index < -0.39 is 0 Å². The minimum Gasteiger partial charge on any atom is -0.294 e. The van der Waals surface area contributed by atoms with E-state index >= 15 is 0 Å². The third-order valence-corrected chi connectivity index (χ3v) is 3.74. The van der Waals surface area contributed by atoms with Crippen LogP contribution in [0.1, 0.15) is 75.9 Å². The summed E-state index contributed by atoms with van der Waals surface area (Å²) >= 11 is 0. The summed E-state index contributed by atoms with van der Waals surface area (Å²) in [7, 11) is 0. The Kier molecular flexibility index (Phi) is 5.11. The maximum absolute atomic E-state index is 11.8. The topological polar surface area (TPSA) is 17.1 Å². The summed E-state index contributed by atoms with van der Waals surface area (Å²) < 4.78 is 0. The van der Waals surface area contributed by atoms with Crippen LogP contribution >= 0.6 is 0 Å². The normalized spacial score (nSPS) is 15.8. The van der Waals surface area contributed by atoms with Gasteiger partial charge in [0, 0.05) is 12.0 Å². The van der Waals surface area contributed by atoms with Crippen molar-refractivity contribution in [2.45, 2.75) is 59.8 Å². The van der Waals surface area contributed by atoms with Crippen molar-refractivity contribution in [3.8, 4) is 0 Å². The average Bonchev–Trinajstić information content (AvgIpc) is 2.44. The predicted molar refractivity (Wildman–Crippen MR) is 83.7 cm³/mol. The first kappa shape index (κ1) is 15.7. The van der Waals surface area contributed by atoms with Gasteiger partial charge in [-0.05, 0) is 41.5 Å². The number of fused-ring (bicyclic) bond motifs is 1. The molecule has 1 aliphatic carbocycles. The van der Waals surface area contributed by atoms with E-state index in [4.69, 9.17) is 0 Å². The number of hydrogen-bond donors (Lipinski definition) is 0. The molecule has 19 heavy (non-hydrogen) atoms. The Hall–Kier alpha value is -1.37. The molecule has 0 saturated heterocycles. The van der Waals surface area contributed by atoms with Gasteiger partial charge in [-0.1, -0.05) is 52.8 Å². The van der Waals surface area contributed by atoms with E-state index in [1.165, 1.54) is 16.7 Å². The Labute approximate surface area is 117 Å². The molecule has 1 aromatic rings. The monoisotopic (exact) mass is 258 g/mol. The molecular formula is C18H26O. The summed E-state index contributed by atoms with van der Waals surface area (Å²) in [4.78, 5) is 11.8. The van der Waals surface area contributed by atoms with Gasteiger partial charge < -0.3 is 0 Å². The van der Waals surface area contributed by atoms with E-state index in [9.17, 15) is 4.79 Å². The van der Waals surface area contributed by atoms with Crippen LogP contribution in [-0.2, 0) is 5.41 Å². The summed E-state index contributed by atoms with van der Waals surface area (Å²) in [6.45, 7) is 12.6. The van der Waals surface area contributed by atoms with Crippen LogP contribution in [-0.4, -0.2) is 5.78 Å². The second-order valence-corrected chi connectivity index (χ2v) is 5.51. The highest BCUT2D eigenvalue weighted by atomic mass is 16.1. The molecule has 1 nitrogen and oxygen atoms in total. The first-order valence-electron chi connectivity index (χ1n) is 7.30. The zero-order chi connectivity index (χ0) is 14.6. The Morgan fingerprint density at radius 3 is 2.47 bits per heavy atom. The molecule has 0 unspecified atom stereocenters. The molecule has 1 aromatic carbocycles. The molecule has 0 aliphatic heterocycles. The summed E-state index contributed by atoms with van der Waals surface area (Å²) in [6, 6.07) is 6.16. The number of benzene rings is 1. The van der Waals surface area contributed by atoms with Crippen LogP contribution in [0.15, 0.2) is 24.3 Å². The Balaban J connectivity index is 0.000000861. The summed E-state index contributed by atoms with van der Waals surface area (Å²) in [6.07, 6.45) is 3.92. The second kappa shape index (κ2) is 6.18. The SMILES string of the molecule is CC.CCC(=O)c1ccc2c(c1)C(C)(C)CC=C2C. The molecule has 0 heterocycles. The average molecular weight is 258 g/mol. The second-order valence-electron chi connectivity index (χ2n) is 5.51. The Morgan fingerprint density at radius 1 is 1.26 bits per heavy atom. The van der Waals surface area contributed by atoms with Crippen molar-refractivity contribution in [1.82, 2.24) is 0 Å². The van der Waals surface area contributed by atoms with Crippen LogP contribution in [0.25, 0.3) is 5.57 Å². The van der Waals surface area contributed by atoms with E-state index in [-0.39, 0.29) is 11.2 Å². The molecule has 0 radical (unpaired) electrons. The largest absolute Gasteiger partial charge is 0.294 e. The third-order valence-electron chi connectivity index (χ3n) is 3.74. The number of carbonyl (C=O) groups excluding carboxylic acids is 1. The van der Waals surface area contributed by atoms with Crippen molar-refractivity contribution in [2.75, 3.05) is 0 Å². The van der Waals surface area contributed by atoms with Gasteiger partial charge in [0.05, 0.1) is 0 Å². The number of hydrogen-bond acceptors (Lipinski definition) is 1. The Bertz CT molecular complexity index is 492. The molecule has 0 amide bonds. The molecule has 0 N–H and O–H groups in total. The van der Waals surface area contributed by atoms with E-state index in [0.717, 1.165) is 12.0 Å². The van der Waals surface area contributed by atoms with Crippen molar-refractivity contribution < 1.29 is 4.79 Å². The van der Waals surface area contributed by atoms with Gasteiger partial charge in [-0.15, -0.1) is 0 Å². The standard InChI is InChI=1S/C16H20O.C2H6/c1-5-15(17)12-6-7-13-11(2)8-9-16(3,4)14(13)10-12;1-2/h6-8,10H,5,9H2,1-4H3;1-2H3. The van der Waals surface area contributed by atoms with E-state index in [1.807, 2.05) is 26.8 Å². The number of ketones is 1. The third kappa shape index (κ3) is 3.15. The van der Waals surface area contributed by atoms with Crippen LogP contribution in [0.4, 0.5) is 0 Å². The predicted octanol–water partition coefficient (Wildman–Crippen LogP) is 5.39. The number of rotatable bonds is 2. The van der Waals surface area contributed by atoms with Crippen LogP contribution in [0.5, 0.6) is 0 Å². The lowest BCUT2D eigenvalue weighted by Gasteiger charge is -2.31. The number of Topliss-reactive ketones (excluding diaryl/α,β-unsaturated/α-hetero) is 1. The zero-order valence-corrected chi connectivity index (χ0v) is 13.1. The van der Waals surface area contributed by atoms with Gasteiger partial charge in [-0.2, -0.15) is 0 Å². The Morgan fingerprint density at radius 2 is 1.89 bits per heavy atom. The first-order valence-corrected chi connectivity index (χ1v) is 7.30. The van der Waals surface area contributed by atoms with E-state index in [1.54, 1.807) is 0 Å². The van der Waals surface area contributed by atoms with Crippen LogP contribution < -0.4 is 0 Å². The van der Waals surface area contributed by atoms with Crippen molar-refractivity contribution >= 4 is 11.4 Å². The maximum Gasteiger partial charge on any atom is 0.162 e. The lowest BCUT2D eigenvalue weighted by molar-refractivity contribution is 0.0988. The number of allylic oxidation sites excluding steroid dienone is 2. The first-order chi connectivity index (χ1) is 8.95. The van der Waals surface area contributed by atoms with Gasteiger partial charge in [-0.3, -0.25) is 4.79 Å². The highest BCUT2D eigenvalue weighted by molar-refractivity contribution is 5.96. The van der Waals surface area contributed by atoms with Gasteiger partial charge in [-0.25, -0.2) is 0 Å². The molecule has 1 aliphatic rings. The fourth-order valence-electron chi connectivity index (χ4n) is 2.45. The van der Waals surface area contributed by atoms with Crippen molar-refractivity contribution in [3.63, 3.8) is 0 Å². The highest BCUT2D eigenvalue weighted by Gasteiger charge is 2.27. The van der Waals surface area contributed by atoms with Gasteiger partial charge in [0.2, 0.25) is 0 Å². The molecular weight excluding hydrogens is 232 g/mol. The van der Waals surface area contributed by atoms with Crippen LogP contribution in [0.2, 0.25) is 0 Å². The van der Waals surface area contributed by atoms with E-state index in [2.05, 4.69) is 39.0 Å². The minimum absolute atomic E-state index is 0.138. The van der Waals surface area contributed by atoms with Crippen molar-refractivity contribution in [3.05, 3.63) is 41.0 Å². The number of carbonyl (C=O) groups is 1.